The van der Waals surface area contributed by atoms with E-state index in [1.54, 1.807) is 11.3 Å². The van der Waals surface area contributed by atoms with E-state index < -0.39 is 0 Å². The van der Waals surface area contributed by atoms with Crippen molar-refractivity contribution >= 4 is 11.3 Å². The van der Waals surface area contributed by atoms with Crippen molar-refractivity contribution in [3.05, 3.63) is 52.0 Å². The minimum absolute atomic E-state index is 0.282. The summed E-state index contributed by atoms with van der Waals surface area (Å²) in [4.78, 5) is 7.16. The summed E-state index contributed by atoms with van der Waals surface area (Å²) in [7, 11) is 0. The number of rotatable bonds is 3. The van der Waals surface area contributed by atoms with Gasteiger partial charge in [-0.2, -0.15) is 0 Å². The molecule has 1 saturated heterocycles. The zero-order valence-corrected chi connectivity index (χ0v) is 13.1. The van der Waals surface area contributed by atoms with Gasteiger partial charge in [-0.3, -0.25) is 4.90 Å². The standard InChI is InChI=1S/C17H22N2S/c1-14-18-16(12-20-14)11-19-10-6-9-17(2,13-19)15-7-4-3-5-8-15/h3-5,7-8,12H,6,9-11,13H2,1-2H3. The molecule has 1 atom stereocenters. The minimum atomic E-state index is 0.282. The predicted octanol–water partition coefficient (Wildman–Crippen LogP) is 4.01. The third-order valence-corrected chi connectivity index (χ3v) is 5.12. The quantitative estimate of drug-likeness (QED) is 0.847. The van der Waals surface area contributed by atoms with Crippen molar-refractivity contribution in [1.82, 2.24) is 9.88 Å². The van der Waals surface area contributed by atoms with Crippen LogP contribution in [-0.4, -0.2) is 23.0 Å². The van der Waals surface area contributed by atoms with E-state index in [-0.39, 0.29) is 5.41 Å². The highest BCUT2D eigenvalue weighted by molar-refractivity contribution is 7.09. The van der Waals surface area contributed by atoms with Crippen molar-refractivity contribution in [1.29, 1.82) is 0 Å². The van der Waals surface area contributed by atoms with Crippen LogP contribution in [0.2, 0.25) is 0 Å². The molecule has 0 spiro atoms. The zero-order chi connectivity index (χ0) is 14.0. The van der Waals surface area contributed by atoms with E-state index in [1.807, 2.05) is 0 Å². The molecule has 2 heterocycles. The molecule has 2 nitrogen and oxygen atoms in total. The van der Waals surface area contributed by atoms with Gasteiger partial charge in [-0.1, -0.05) is 37.3 Å². The van der Waals surface area contributed by atoms with Crippen LogP contribution in [0.4, 0.5) is 0 Å². The van der Waals surface area contributed by atoms with E-state index in [0.29, 0.717) is 0 Å². The van der Waals surface area contributed by atoms with Crippen LogP contribution in [0.3, 0.4) is 0 Å². The molecule has 0 amide bonds. The SMILES string of the molecule is Cc1nc(CN2CCCC(C)(c3ccccc3)C2)cs1. The molecule has 1 aromatic heterocycles. The van der Waals surface area contributed by atoms with Gasteiger partial charge in [0.2, 0.25) is 0 Å². The Morgan fingerprint density at radius 3 is 2.80 bits per heavy atom. The fourth-order valence-corrected chi connectivity index (χ4v) is 3.87. The average molecular weight is 286 g/mol. The molecule has 0 saturated carbocycles. The van der Waals surface area contributed by atoms with Crippen LogP contribution in [0.25, 0.3) is 0 Å². The summed E-state index contributed by atoms with van der Waals surface area (Å²) in [5.41, 5.74) is 2.98. The summed E-state index contributed by atoms with van der Waals surface area (Å²) >= 11 is 1.75. The highest BCUT2D eigenvalue weighted by Gasteiger charge is 2.32. The number of benzene rings is 1. The van der Waals surface area contributed by atoms with Crippen molar-refractivity contribution in [2.24, 2.45) is 0 Å². The second-order valence-corrected chi connectivity index (χ2v) is 7.16. The number of aryl methyl sites for hydroxylation is 1. The minimum Gasteiger partial charge on any atom is -0.297 e. The highest BCUT2D eigenvalue weighted by Crippen LogP contribution is 2.34. The molecule has 3 heteroatoms. The zero-order valence-electron chi connectivity index (χ0n) is 12.3. The van der Waals surface area contributed by atoms with Gasteiger partial charge in [-0.25, -0.2) is 4.98 Å². The number of thiazole rings is 1. The van der Waals surface area contributed by atoms with Gasteiger partial charge in [0.1, 0.15) is 0 Å². The first-order valence-electron chi connectivity index (χ1n) is 7.35. The van der Waals surface area contributed by atoms with E-state index in [9.17, 15) is 0 Å². The third kappa shape index (κ3) is 2.94. The summed E-state index contributed by atoms with van der Waals surface area (Å²) in [5, 5.41) is 3.37. The van der Waals surface area contributed by atoms with Crippen LogP contribution in [0, 0.1) is 6.92 Å². The van der Waals surface area contributed by atoms with Gasteiger partial charge in [-0.15, -0.1) is 11.3 Å². The monoisotopic (exact) mass is 286 g/mol. The molecule has 0 aliphatic carbocycles. The first-order chi connectivity index (χ1) is 9.66. The Balaban J connectivity index is 1.73. The number of likely N-dealkylation sites (tertiary alicyclic amines) is 1. The van der Waals surface area contributed by atoms with Crippen LogP contribution in [-0.2, 0) is 12.0 Å². The molecular formula is C17H22N2S. The van der Waals surface area contributed by atoms with E-state index in [2.05, 4.69) is 59.4 Å². The molecule has 2 aromatic rings. The van der Waals surface area contributed by atoms with E-state index in [4.69, 9.17) is 0 Å². The van der Waals surface area contributed by atoms with E-state index in [0.717, 1.165) is 13.1 Å². The van der Waals surface area contributed by atoms with Crippen LogP contribution in [0.1, 0.15) is 36.0 Å². The lowest BCUT2D eigenvalue weighted by Crippen LogP contribution is -2.43. The number of nitrogens with zero attached hydrogens (tertiary/aromatic N) is 2. The molecule has 1 aliphatic rings. The van der Waals surface area contributed by atoms with Crippen molar-refractivity contribution in [3.8, 4) is 0 Å². The van der Waals surface area contributed by atoms with Crippen molar-refractivity contribution in [3.63, 3.8) is 0 Å². The molecule has 20 heavy (non-hydrogen) atoms. The topological polar surface area (TPSA) is 16.1 Å². The number of hydrogen-bond acceptors (Lipinski definition) is 3. The maximum Gasteiger partial charge on any atom is 0.0897 e. The molecule has 0 bridgehead atoms. The van der Waals surface area contributed by atoms with Gasteiger partial charge in [0.15, 0.2) is 0 Å². The van der Waals surface area contributed by atoms with Gasteiger partial charge in [-0.05, 0) is 31.9 Å². The Bertz CT molecular complexity index is 563. The van der Waals surface area contributed by atoms with Gasteiger partial charge >= 0.3 is 0 Å². The van der Waals surface area contributed by atoms with Crippen LogP contribution < -0.4 is 0 Å². The molecule has 1 aromatic carbocycles. The molecule has 3 rings (SSSR count). The van der Waals surface area contributed by atoms with Crippen molar-refractivity contribution in [2.45, 2.75) is 38.6 Å². The fraction of sp³-hybridized carbons (Fsp3) is 0.471. The largest absolute Gasteiger partial charge is 0.297 e. The van der Waals surface area contributed by atoms with Crippen LogP contribution >= 0.6 is 11.3 Å². The smallest absolute Gasteiger partial charge is 0.0897 e. The second kappa shape index (κ2) is 5.66. The molecule has 0 N–H and O–H groups in total. The normalized spacial score (nSPS) is 23.9. The average Bonchev–Trinajstić information content (AvgIpc) is 2.85. The van der Waals surface area contributed by atoms with Gasteiger partial charge in [0, 0.05) is 23.9 Å². The Kier molecular flexibility index (Phi) is 3.90. The molecule has 1 fully saturated rings. The number of hydrogen-bond donors (Lipinski definition) is 0. The summed E-state index contributed by atoms with van der Waals surface area (Å²) in [6.07, 6.45) is 2.55. The lowest BCUT2D eigenvalue weighted by atomic mass is 9.76. The van der Waals surface area contributed by atoms with Crippen molar-refractivity contribution < 1.29 is 0 Å². The first kappa shape index (κ1) is 13.8. The van der Waals surface area contributed by atoms with Gasteiger partial charge in [0.25, 0.3) is 0 Å². The van der Waals surface area contributed by atoms with Gasteiger partial charge < -0.3 is 0 Å². The first-order valence-corrected chi connectivity index (χ1v) is 8.23. The Morgan fingerprint density at radius 2 is 2.10 bits per heavy atom. The number of aromatic nitrogens is 1. The molecular weight excluding hydrogens is 264 g/mol. The lowest BCUT2D eigenvalue weighted by molar-refractivity contribution is 0.148. The van der Waals surface area contributed by atoms with Crippen LogP contribution in [0.15, 0.2) is 35.7 Å². The Morgan fingerprint density at radius 1 is 1.30 bits per heavy atom. The second-order valence-electron chi connectivity index (χ2n) is 6.10. The van der Waals surface area contributed by atoms with E-state index >= 15 is 0 Å². The Hall–Kier alpha value is -1.19. The molecule has 0 radical (unpaired) electrons. The predicted molar refractivity (Wildman–Crippen MR) is 85.2 cm³/mol. The number of piperidine rings is 1. The lowest BCUT2D eigenvalue weighted by Gasteiger charge is -2.40. The molecule has 1 aliphatic heterocycles. The van der Waals surface area contributed by atoms with Gasteiger partial charge in [0.05, 0.1) is 10.7 Å². The third-order valence-electron chi connectivity index (χ3n) is 4.30. The summed E-state index contributed by atoms with van der Waals surface area (Å²) in [6.45, 7) is 7.80. The maximum absolute atomic E-state index is 4.60. The maximum atomic E-state index is 4.60. The highest BCUT2D eigenvalue weighted by atomic mass is 32.1. The Labute approximate surface area is 125 Å². The fourth-order valence-electron chi connectivity index (χ4n) is 3.27. The van der Waals surface area contributed by atoms with E-state index in [1.165, 1.54) is 35.7 Å². The molecule has 106 valence electrons. The summed E-state index contributed by atoms with van der Waals surface area (Å²) < 4.78 is 0. The summed E-state index contributed by atoms with van der Waals surface area (Å²) in [5.74, 6) is 0. The summed E-state index contributed by atoms with van der Waals surface area (Å²) in [6, 6.07) is 11.0. The van der Waals surface area contributed by atoms with Crippen LogP contribution in [0.5, 0.6) is 0 Å². The molecule has 1 unspecified atom stereocenters. The van der Waals surface area contributed by atoms with Crippen molar-refractivity contribution in [2.75, 3.05) is 13.1 Å².